The smallest absolute Gasteiger partial charge is 0.416 e. The lowest BCUT2D eigenvalue weighted by molar-refractivity contribution is -0.137. The van der Waals surface area contributed by atoms with Crippen LogP contribution in [-0.4, -0.2) is 32.7 Å². The van der Waals surface area contributed by atoms with Gasteiger partial charge in [-0.2, -0.15) is 18.3 Å². The van der Waals surface area contributed by atoms with Crippen molar-refractivity contribution in [1.29, 1.82) is 0 Å². The average Bonchev–Trinajstić information content (AvgIpc) is 3.22. The Morgan fingerprint density at radius 3 is 2.48 bits per heavy atom. The standard InChI is InChI=1S/C19H15F3N4O3/c1-12(17(27)25-15-4-2-3-14(9-15)19(20,21)22)29-18(28)13-5-7-16(8-6-13)26-11-23-10-24-26/h2-12H,1H3,(H,25,27)/t12-/m1/s1. The number of hydrogen-bond donors (Lipinski definition) is 1. The van der Waals surface area contributed by atoms with Crippen molar-refractivity contribution in [3.8, 4) is 5.69 Å². The topological polar surface area (TPSA) is 86.1 Å². The fraction of sp³-hybridized carbons (Fsp3) is 0.158. The first-order valence-corrected chi connectivity index (χ1v) is 8.38. The molecule has 0 bridgehead atoms. The van der Waals surface area contributed by atoms with Crippen molar-refractivity contribution in [3.05, 3.63) is 72.3 Å². The molecule has 0 fully saturated rings. The molecular formula is C19H15F3N4O3. The van der Waals surface area contributed by atoms with E-state index in [1.807, 2.05) is 0 Å². The third-order valence-corrected chi connectivity index (χ3v) is 3.90. The number of hydrogen-bond acceptors (Lipinski definition) is 5. The van der Waals surface area contributed by atoms with Crippen molar-refractivity contribution in [3.63, 3.8) is 0 Å². The molecule has 0 aliphatic heterocycles. The van der Waals surface area contributed by atoms with E-state index >= 15 is 0 Å². The summed E-state index contributed by atoms with van der Waals surface area (Å²) in [4.78, 5) is 28.2. The molecule has 0 spiro atoms. The molecule has 0 aliphatic rings. The molecule has 1 amide bonds. The van der Waals surface area contributed by atoms with Crippen LogP contribution < -0.4 is 5.32 Å². The predicted octanol–water partition coefficient (Wildman–Crippen LogP) is 3.47. The van der Waals surface area contributed by atoms with Crippen molar-refractivity contribution in [2.75, 3.05) is 5.32 Å². The molecule has 3 aromatic rings. The van der Waals surface area contributed by atoms with Gasteiger partial charge >= 0.3 is 12.1 Å². The number of anilines is 1. The van der Waals surface area contributed by atoms with E-state index in [0.717, 1.165) is 12.1 Å². The molecule has 1 heterocycles. The predicted molar refractivity (Wildman–Crippen MR) is 96.3 cm³/mol. The second-order valence-corrected chi connectivity index (χ2v) is 6.00. The minimum atomic E-state index is -4.53. The van der Waals surface area contributed by atoms with Gasteiger partial charge in [-0.25, -0.2) is 14.5 Å². The van der Waals surface area contributed by atoms with Crippen molar-refractivity contribution in [1.82, 2.24) is 14.8 Å². The number of benzene rings is 2. The van der Waals surface area contributed by atoms with Crippen molar-refractivity contribution in [2.45, 2.75) is 19.2 Å². The molecule has 0 unspecified atom stereocenters. The van der Waals surface area contributed by atoms with E-state index in [2.05, 4.69) is 15.4 Å². The molecule has 2 aromatic carbocycles. The lowest BCUT2D eigenvalue weighted by atomic mass is 10.2. The summed E-state index contributed by atoms with van der Waals surface area (Å²) in [5.41, 5.74) is -0.0701. The van der Waals surface area contributed by atoms with Crippen LogP contribution in [-0.2, 0) is 15.7 Å². The van der Waals surface area contributed by atoms with Crippen LogP contribution in [0.1, 0.15) is 22.8 Å². The molecule has 0 aliphatic carbocycles. The van der Waals surface area contributed by atoms with Crippen molar-refractivity contribution < 1.29 is 27.5 Å². The maximum Gasteiger partial charge on any atom is 0.416 e. The molecule has 7 nitrogen and oxygen atoms in total. The summed E-state index contributed by atoms with van der Waals surface area (Å²) in [6.45, 7) is 1.32. The normalized spacial score (nSPS) is 12.3. The maximum absolute atomic E-state index is 12.8. The van der Waals surface area contributed by atoms with E-state index in [9.17, 15) is 22.8 Å². The summed E-state index contributed by atoms with van der Waals surface area (Å²) in [6, 6.07) is 10.4. The lowest BCUT2D eigenvalue weighted by Crippen LogP contribution is -2.30. The third-order valence-electron chi connectivity index (χ3n) is 3.90. The number of halogens is 3. The summed E-state index contributed by atoms with van der Waals surface area (Å²) in [7, 11) is 0. The number of nitrogens with zero attached hydrogens (tertiary/aromatic N) is 3. The number of carbonyl (C=O) groups is 2. The van der Waals surface area contributed by atoms with Gasteiger partial charge in [0.05, 0.1) is 16.8 Å². The number of carbonyl (C=O) groups excluding carboxylic acids is 2. The number of esters is 1. The fourth-order valence-corrected chi connectivity index (χ4v) is 2.39. The van der Waals surface area contributed by atoms with Crippen molar-refractivity contribution in [2.24, 2.45) is 0 Å². The molecule has 3 rings (SSSR count). The maximum atomic E-state index is 12.8. The average molecular weight is 404 g/mol. The zero-order chi connectivity index (χ0) is 21.0. The van der Waals surface area contributed by atoms with Gasteiger partial charge in [0, 0.05) is 5.69 Å². The van der Waals surface area contributed by atoms with E-state index in [-0.39, 0.29) is 11.3 Å². The summed E-state index contributed by atoms with van der Waals surface area (Å²) in [5.74, 6) is -1.50. The Hall–Kier alpha value is -3.69. The first-order chi connectivity index (χ1) is 13.7. The number of rotatable bonds is 5. The number of amides is 1. The van der Waals surface area contributed by atoms with Crippen LogP contribution in [0.3, 0.4) is 0 Å². The monoisotopic (exact) mass is 404 g/mol. The third kappa shape index (κ3) is 4.98. The summed E-state index contributed by atoms with van der Waals surface area (Å²) < 4.78 is 44.8. The van der Waals surface area contributed by atoms with Gasteiger partial charge in [-0.15, -0.1) is 0 Å². The fourth-order valence-electron chi connectivity index (χ4n) is 2.39. The second-order valence-electron chi connectivity index (χ2n) is 6.00. The highest BCUT2D eigenvalue weighted by atomic mass is 19.4. The van der Waals surface area contributed by atoms with Gasteiger partial charge in [-0.1, -0.05) is 6.07 Å². The molecule has 10 heteroatoms. The van der Waals surface area contributed by atoms with Crippen LogP contribution in [0.4, 0.5) is 18.9 Å². The molecule has 1 aromatic heterocycles. The molecule has 1 N–H and O–H groups in total. The van der Waals surface area contributed by atoms with Crippen LogP contribution in [0.5, 0.6) is 0 Å². The lowest BCUT2D eigenvalue weighted by Gasteiger charge is -2.15. The van der Waals surface area contributed by atoms with Gasteiger partial charge in [-0.05, 0) is 49.4 Å². The van der Waals surface area contributed by atoms with E-state index in [1.165, 1.54) is 48.5 Å². The number of nitrogens with one attached hydrogen (secondary N) is 1. The van der Waals surface area contributed by atoms with Crippen molar-refractivity contribution >= 4 is 17.6 Å². The Labute approximate surface area is 163 Å². The highest BCUT2D eigenvalue weighted by Crippen LogP contribution is 2.30. The van der Waals surface area contributed by atoms with Gasteiger partial charge < -0.3 is 10.1 Å². The van der Waals surface area contributed by atoms with Gasteiger partial charge in [0.15, 0.2) is 6.10 Å². The summed E-state index contributed by atoms with van der Waals surface area (Å²) >= 11 is 0. The second kappa shape index (κ2) is 8.13. The Balaban J connectivity index is 1.61. The number of aromatic nitrogens is 3. The van der Waals surface area contributed by atoms with E-state index in [4.69, 9.17) is 4.74 Å². The Bertz CT molecular complexity index is 1000. The van der Waals surface area contributed by atoms with Crippen LogP contribution in [0.2, 0.25) is 0 Å². The van der Waals surface area contributed by atoms with Crippen LogP contribution in [0.25, 0.3) is 5.69 Å². The zero-order valence-electron chi connectivity index (χ0n) is 15.1. The van der Waals surface area contributed by atoms with Gasteiger partial charge in [0.1, 0.15) is 12.7 Å². The van der Waals surface area contributed by atoms with E-state index < -0.39 is 29.7 Å². The van der Waals surface area contributed by atoms with Crippen LogP contribution >= 0.6 is 0 Å². The van der Waals surface area contributed by atoms with Gasteiger partial charge in [-0.3, -0.25) is 4.79 Å². The SMILES string of the molecule is C[C@@H](OC(=O)c1ccc(-n2cncn2)cc1)C(=O)Nc1cccc(C(F)(F)F)c1. The minimum absolute atomic E-state index is 0.0510. The highest BCUT2D eigenvalue weighted by molar-refractivity contribution is 5.97. The van der Waals surface area contributed by atoms with Crippen LogP contribution in [0, 0.1) is 0 Å². The highest BCUT2D eigenvalue weighted by Gasteiger charge is 2.30. The first-order valence-electron chi connectivity index (χ1n) is 8.38. The summed E-state index contributed by atoms with van der Waals surface area (Å²) in [6.07, 6.45) is -2.88. The molecule has 0 saturated carbocycles. The zero-order valence-corrected chi connectivity index (χ0v) is 15.1. The Morgan fingerprint density at radius 1 is 1.14 bits per heavy atom. The molecule has 0 saturated heterocycles. The molecule has 1 atom stereocenters. The molecule has 29 heavy (non-hydrogen) atoms. The number of alkyl halides is 3. The quantitative estimate of drug-likeness (QED) is 0.658. The molecular weight excluding hydrogens is 389 g/mol. The molecule has 150 valence electrons. The van der Waals surface area contributed by atoms with E-state index in [1.54, 1.807) is 12.1 Å². The minimum Gasteiger partial charge on any atom is -0.449 e. The summed E-state index contributed by atoms with van der Waals surface area (Å²) in [5, 5.41) is 6.26. The number of ether oxygens (including phenoxy) is 1. The Morgan fingerprint density at radius 2 is 1.86 bits per heavy atom. The van der Waals surface area contributed by atoms with E-state index in [0.29, 0.717) is 5.69 Å². The largest absolute Gasteiger partial charge is 0.449 e. The van der Waals surface area contributed by atoms with Gasteiger partial charge in [0.25, 0.3) is 5.91 Å². The molecule has 0 radical (unpaired) electrons. The Kier molecular flexibility index (Phi) is 5.62. The van der Waals surface area contributed by atoms with Crippen LogP contribution in [0.15, 0.2) is 61.2 Å². The van der Waals surface area contributed by atoms with Gasteiger partial charge in [0.2, 0.25) is 0 Å². The first kappa shape index (κ1) is 20.1.